The van der Waals surface area contributed by atoms with Gasteiger partial charge in [-0.1, -0.05) is 0 Å². The van der Waals surface area contributed by atoms with Crippen molar-refractivity contribution >= 4 is 15.6 Å². The number of nitrogens with zero attached hydrogens (tertiary/aromatic N) is 1. The molecule has 200 valence electrons. The number of hydrogen-bond acceptors (Lipinski definition) is 13. The number of H-pyrrole nitrogens is 1. The molecule has 2 fully saturated rings. The maximum absolute atomic E-state index is 12.2. The monoisotopic (exact) mass is 548 g/mol. The lowest BCUT2D eigenvalue weighted by Crippen LogP contribution is -2.57. The topological polar surface area (TPSA) is 257 Å². The van der Waals surface area contributed by atoms with Crippen molar-refractivity contribution in [1.82, 2.24) is 9.55 Å². The summed E-state index contributed by atoms with van der Waals surface area (Å²) < 4.78 is 49.0. The largest absolute Gasteiger partial charge is 0.483 e. The second kappa shape index (κ2) is 10.6. The Bertz CT molecular complexity index is 1120. The van der Waals surface area contributed by atoms with Crippen molar-refractivity contribution in [2.45, 2.75) is 69.4 Å². The molecular weight excluding hydrogens is 522 g/mol. The molecule has 3 rings (SSSR count). The normalized spacial score (nSPS) is 37.0. The van der Waals surface area contributed by atoms with Crippen molar-refractivity contribution in [3.8, 4) is 0 Å². The van der Waals surface area contributed by atoms with Crippen LogP contribution in [0.3, 0.4) is 0 Å². The van der Waals surface area contributed by atoms with Crippen molar-refractivity contribution in [3.63, 3.8) is 0 Å². The predicted octanol–water partition coefficient (Wildman–Crippen LogP) is -2.43. The summed E-state index contributed by atoms with van der Waals surface area (Å²) >= 11 is 0. The molecule has 3 unspecified atom stereocenters. The first-order valence-electron chi connectivity index (χ1n) is 10.2. The first-order chi connectivity index (χ1) is 16.1. The van der Waals surface area contributed by atoms with Crippen LogP contribution in [0.2, 0.25) is 0 Å². The van der Waals surface area contributed by atoms with Crippen LogP contribution in [0.15, 0.2) is 15.8 Å². The third kappa shape index (κ3) is 6.72. The van der Waals surface area contributed by atoms with Gasteiger partial charge in [-0.25, -0.2) is 13.9 Å². The van der Waals surface area contributed by atoms with Crippen LogP contribution < -0.4 is 11.2 Å². The molecule has 3 heterocycles. The molecule has 19 heteroatoms. The van der Waals surface area contributed by atoms with Crippen molar-refractivity contribution in [2.24, 2.45) is 0 Å². The van der Waals surface area contributed by atoms with Gasteiger partial charge in [-0.3, -0.25) is 23.4 Å². The molecule has 0 aliphatic carbocycles. The van der Waals surface area contributed by atoms with E-state index in [-0.39, 0.29) is 12.0 Å². The molecule has 10 atom stereocenters. The maximum atomic E-state index is 12.2. The number of aromatic amines is 1. The Hall–Kier alpha value is -1.30. The zero-order valence-corrected chi connectivity index (χ0v) is 20.1. The Morgan fingerprint density at radius 3 is 2.40 bits per heavy atom. The highest BCUT2D eigenvalue weighted by Gasteiger charge is 2.47. The SMILES string of the molecule is Cc1cn([C@H]2C[C@H](O)[C@@H](COP(=O)(O)OP(=O)(O)OC3O[C@H](C)[C@H](O)[C@H](O)[C@H]3O)O2)c(=O)[nH]c1=O. The Morgan fingerprint density at radius 2 is 1.74 bits per heavy atom. The minimum Gasteiger partial charge on any atom is -0.390 e. The van der Waals surface area contributed by atoms with Gasteiger partial charge < -0.3 is 39.7 Å². The molecule has 0 radical (unpaired) electrons. The summed E-state index contributed by atoms with van der Waals surface area (Å²) in [7, 11) is -10.8. The van der Waals surface area contributed by atoms with Crippen LogP contribution >= 0.6 is 15.6 Å². The van der Waals surface area contributed by atoms with Gasteiger partial charge in [0.05, 0.1) is 18.8 Å². The second-order valence-corrected chi connectivity index (χ2v) is 11.0. The predicted molar refractivity (Wildman–Crippen MR) is 111 cm³/mol. The lowest BCUT2D eigenvalue weighted by Gasteiger charge is -2.38. The molecule has 0 bridgehead atoms. The number of nitrogens with one attached hydrogen (secondary N) is 1. The number of aliphatic hydroxyl groups excluding tert-OH is 4. The summed E-state index contributed by atoms with van der Waals surface area (Å²) in [6.45, 7) is 1.88. The van der Waals surface area contributed by atoms with Gasteiger partial charge in [0, 0.05) is 18.2 Å². The van der Waals surface area contributed by atoms with Crippen LogP contribution in [0.25, 0.3) is 0 Å². The number of ether oxygens (including phenoxy) is 2. The Kier molecular flexibility index (Phi) is 8.56. The molecule has 0 amide bonds. The smallest absolute Gasteiger partial charge is 0.390 e. The van der Waals surface area contributed by atoms with Gasteiger partial charge in [0.25, 0.3) is 5.56 Å². The molecule has 0 saturated carbocycles. The number of hydrogen-bond donors (Lipinski definition) is 7. The average Bonchev–Trinajstić information content (AvgIpc) is 3.11. The lowest BCUT2D eigenvalue weighted by molar-refractivity contribution is -0.271. The first kappa shape index (κ1) is 28.3. The zero-order chi connectivity index (χ0) is 26.3. The average molecular weight is 548 g/mol. The van der Waals surface area contributed by atoms with Gasteiger partial charge in [-0.15, -0.1) is 0 Å². The molecule has 2 saturated heterocycles. The number of rotatable bonds is 8. The fourth-order valence-electron chi connectivity index (χ4n) is 3.41. The van der Waals surface area contributed by atoms with Gasteiger partial charge in [0.15, 0.2) is 6.29 Å². The summed E-state index contributed by atoms with van der Waals surface area (Å²) in [5.74, 6) is 0. The Morgan fingerprint density at radius 1 is 1.09 bits per heavy atom. The van der Waals surface area contributed by atoms with Crippen LogP contribution in [0.1, 0.15) is 25.1 Å². The van der Waals surface area contributed by atoms with E-state index in [9.17, 15) is 48.9 Å². The number of aryl methyl sites for hydroxylation is 1. The van der Waals surface area contributed by atoms with Crippen LogP contribution in [-0.4, -0.2) is 89.3 Å². The molecule has 0 aromatic carbocycles. The van der Waals surface area contributed by atoms with E-state index < -0.39 is 82.6 Å². The molecular formula is C16H26N2O15P2. The highest BCUT2D eigenvalue weighted by Crippen LogP contribution is 2.61. The molecule has 1 aromatic heterocycles. The Labute approximate surface area is 196 Å². The van der Waals surface area contributed by atoms with E-state index in [2.05, 4.69) is 18.3 Å². The number of phosphoric ester groups is 2. The summed E-state index contributed by atoms with van der Waals surface area (Å²) in [5, 5.41) is 39.3. The highest BCUT2D eigenvalue weighted by molar-refractivity contribution is 7.61. The molecule has 2 aliphatic heterocycles. The van der Waals surface area contributed by atoms with Crippen LogP contribution in [0.5, 0.6) is 0 Å². The van der Waals surface area contributed by atoms with Gasteiger partial charge in [0.1, 0.15) is 30.6 Å². The summed E-state index contributed by atoms with van der Waals surface area (Å²) in [6.07, 6.45) is -11.0. The molecule has 17 nitrogen and oxygen atoms in total. The van der Waals surface area contributed by atoms with Crippen molar-refractivity contribution in [2.75, 3.05) is 6.61 Å². The second-order valence-electron chi connectivity index (χ2n) is 8.01. The summed E-state index contributed by atoms with van der Waals surface area (Å²) in [4.78, 5) is 45.2. The van der Waals surface area contributed by atoms with Gasteiger partial charge in [0.2, 0.25) is 0 Å². The van der Waals surface area contributed by atoms with Crippen molar-refractivity contribution < 1.29 is 62.2 Å². The van der Waals surface area contributed by atoms with Gasteiger partial charge in [-0.2, -0.15) is 4.31 Å². The van der Waals surface area contributed by atoms with Gasteiger partial charge in [-0.05, 0) is 13.8 Å². The molecule has 2 aliphatic rings. The quantitative estimate of drug-likeness (QED) is 0.167. The third-order valence-electron chi connectivity index (χ3n) is 5.31. The molecule has 7 N–H and O–H groups in total. The van der Waals surface area contributed by atoms with Crippen molar-refractivity contribution in [1.29, 1.82) is 0 Å². The Balaban J connectivity index is 1.59. The summed E-state index contributed by atoms with van der Waals surface area (Å²) in [6, 6.07) is 0. The third-order valence-corrected chi connectivity index (χ3v) is 7.91. The van der Waals surface area contributed by atoms with E-state index in [0.717, 1.165) is 4.57 Å². The molecule has 35 heavy (non-hydrogen) atoms. The van der Waals surface area contributed by atoms with E-state index in [1.165, 1.54) is 20.0 Å². The van der Waals surface area contributed by atoms with E-state index in [1.54, 1.807) is 0 Å². The standard InChI is InChI=1S/C16H26N2O15P2/c1-6-4-18(16(24)17-14(6)23)10-3-8(19)9(31-10)5-29-34(25,26)33-35(27,28)32-15-13(22)12(21)11(20)7(2)30-15/h4,7-13,15,19-22H,3,5H2,1-2H3,(H,25,26)(H,27,28)(H,17,23,24)/t7-,8+,9-,10-,11+,12+,13-,15?/m1/s1. The maximum Gasteiger partial charge on any atom is 0.483 e. The van der Waals surface area contributed by atoms with Crippen LogP contribution in [0, 0.1) is 6.92 Å². The van der Waals surface area contributed by atoms with E-state index in [1.807, 2.05) is 0 Å². The fourth-order valence-corrected chi connectivity index (χ4v) is 5.57. The van der Waals surface area contributed by atoms with Crippen LogP contribution in [0.4, 0.5) is 0 Å². The minimum absolute atomic E-state index is 0.152. The molecule has 1 aromatic rings. The number of aliphatic hydroxyl groups is 4. The van der Waals surface area contributed by atoms with Crippen LogP contribution in [-0.2, 0) is 32.0 Å². The van der Waals surface area contributed by atoms with E-state index in [0.29, 0.717) is 0 Å². The molecule has 0 spiro atoms. The minimum atomic E-state index is -5.44. The van der Waals surface area contributed by atoms with E-state index in [4.69, 9.17) is 9.47 Å². The lowest BCUT2D eigenvalue weighted by atomic mass is 10.0. The van der Waals surface area contributed by atoms with Crippen molar-refractivity contribution in [3.05, 3.63) is 32.6 Å². The van der Waals surface area contributed by atoms with E-state index >= 15 is 0 Å². The highest BCUT2D eigenvalue weighted by atomic mass is 31.3. The summed E-state index contributed by atoms with van der Waals surface area (Å²) in [5.41, 5.74) is -1.23. The zero-order valence-electron chi connectivity index (χ0n) is 18.3. The first-order valence-corrected chi connectivity index (χ1v) is 13.1. The number of phosphoric acid groups is 2. The number of aromatic nitrogens is 2. The van der Waals surface area contributed by atoms with Gasteiger partial charge >= 0.3 is 21.3 Å². The fraction of sp³-hybridized carbons (Fsp3) is 0.750.